The highest BCUT2D eigenvalue weighted by molar-refractivity contribution is 5.97. The van der Waals surface area contributed by atoms with Gasteiger partial charge in [-0.3, -0.25) is 33.6 Å². The molecular formula is C37H56N8O7. The first-order chi connectivity index (χ1) is 24.5. The minimum absolute atomic E-state index is 0.00243. The first-order valence-electron chi connectivity index (χ1n) is 18.1. The third-order valence-electron chi connectivity index (χ3n) is 8.97. The van der Waals surface area contributed by atoms with Crippen molar-refractivity contribution in [2.75, 3.05) is 6.54 Å². The molecule has 2 aromatic rings. The van der Waals surface area contributed by atoms with Crippen LogP contribution in [-0.2, 0) is 40.0 Å². The zero-order valence-corrected chi connectivity index (χ0v) is 31.5. The van der Waals surface area contributed by atoms with Gasteiger partial charge in [0.15, 0.2) is 0 Å². The van der Waals surface area contributed by atoms with Crippen molar-refractivity contribution in [3.05, 3.63) is 36.0 Å². The second-order valence-corrected chi connectivity index (χ2v) is 14.7. The number of hydrogen-bond donors (Lipinski definition) is 8. The van der Waals surface area contributed by atoms with Crippen molar-refractivity contribution in [3.8, 4) is 0 Å². The Morgan fingerprint density at radius 1 is 0.635 bits per heavy atom. The van der Waals surface area contributed by atoms with Crippen LogP contribution < -0.4 is 37.2 Å². The lowest BCUT2D eigenvalue weighted by Crippen LogP contribution is -2.61. The molecule has 286 valence electrons. The number of fused-ring (bicyclic) bond motifs is 1. The average molecular weight is 725 g/mol. The number of para-hydroxylation sites is 1. The maximum atomic E-state index is 13.7. The van der Waals surface area contributed by atoms with Crippen molar-refractivity contribution in [1.29, 1.82) is 0 Å². The van der Waals surface area contributed by atoms with Crippen LogP contribution in [0.1, 0.15) is 80.2 Å². The molecule has 2 heterocycles. The van der Waals surface area contributed by atoms with Gasteiger partial charge in [0.05, 0.1) is 0 Å². The fraction of sp³-hybridized carbons (Fsp3) is 0.595. The van der Waals surface area contributed by atoms with Crippen molar-refractivity contribution >= 4 is 52.3 Å². The molecule has 7 amide bonds. The van der Waals surface area contributed by atoms with E-state index in [9.17, 15) is 33.6 Å². The van der Waals surface area contributed by atoms with Gasteiger partial charge in [-0.25, -0.2) is 0 Å². The molecule has 6 atom stereocenters. The van der Waals surface area contributed by atoms with Gasteiger partial charge in [-0.05, 0) is 56.1 Å². The summed E-state index contributed by atoms with van der Waals surface area (Å²) in [4.78, 5) is 96.7. The van der Waals surface area contributed by atoms with Gasteiger partial charge in [-0.1, -0.05) is 59.7 Å². The summed E-state index contributed by atoms with van der Waals surface area (Å²) >= 11 is 0. The summed E-state index contributed by atoms with van der Waals surface area (Å²) in [5.41, 5.74) is 1.66. The van der Waals surface area contributed by atoms with Gasteiger partial charge < -0.3 is 42.2 Å². The van der Waals surface area contributed by atoms with Crippen LogP contribution in [0.5, 0.6) is 0 Å². The van der Waals surface area contributed by atoms with Gasteiger partial charge in [0, 0.05) is 36.5 Å². The van der Waals surface area contributed by atoms with E-state index in [1.807, 2.05) is 38.1 Å². The number of nitrogens with one attached hydrogen (secondary N) is 8. The standard InChI is InChI=1S/C37H56N8O7/c1-19(2)16-27-35(50)45-30(20(3)4)36(51)41-23(8)32(47)42-28(17-24-18-39-26-13-10-9-12-25(24)26)34(49)38-15-11-14-29(46)40-22(7)33(48)44-31(21(5)6)37(52)43-27/h9-10,12-13,18-23,27-28,30-31,39H,11,14-17H2,1-8H3,(H,38,49)(H,40,46)(H,41,51)(H,42,47)(H,43,52)(H,44,48)(H,45,50)/t22-,23-,27+,28+,30?,31?/m1/s1. The largest absolute Gasteiger partial charge is 0.361 e. The van der Waals surface area contributed by atoms with E-state index in [4.69, 9.17) is 0 Å². The summed E-state index contributed by atoms with van der Waals surface area (Å²) in [5, 5.41) is 19.9. The Labute approximate surface area is 305 Å². The number of benzene rings is 1. The minimum Gasteiger partial charge on any atom is -0.361 e. The lowest BCUT2D eigenvalue weighted by Gasteiger charge is -2.29. The third-order valence-corrected chi connectivity index (χ3v) is 8.97. The number of rotatable bonds is 6. The Kier molecular flexibility index (Phi) is 15.2. The quantitative estimate of drug-likeness (QED) is 0.215. The second kappa shape index (κ2) is 19.0. The van der Waals surface area contributed by atoms with E-state index in [-0.39, 0.29) is 44.1 Å². The Morgan fingerprint density at radius 3 is 1.83 bits per heavy atom. The van der Waals surface area contributed by atoms with Gasteiger partial charge >= 0.3 is 0 Å². The molecule has 2 unspecified atom stereocenters. The summed E-state index contributed by atoms with van der Waals surface area (Å²) in [7, 11) is 0. The Morgan fingerprint density at radius 2 is 1.19 bits per heavy atom. The molecule has 3 rings (SSSR count). The predicted molar refractivity (Wildman–Crippen MR) is 196 cm³/mol. The van der Waals surface area contributed by atoms with Crippen LogP contribution in [0.3, 0.4) is 0 Å². The Hall–Kier alpha value is -4.95. The molecule has 1 saturated heterocycles. The van der Waals surface area contributed by atoms with Crippen molar-refractivity contribution in [1.82, 2.24) is 42.2 Å². The van der Waals surface area contributed by atoms with Crippen molar-refractivity contribution in [3.63, 3.8) is 0 Å². The fourth-order valence-corrected chi connectivity index (χ4v) is 5.92. The molecule has 15 nitrogen and oxygen atoms in total. The lowest BCUT2D eigenvalue weighted by atomic mass is 9.98. The number of aromatic amines is 1. The monoisotopic (exact) mass is 724 g/mol. The number of hydrogen-bond acceptors (Lipinski definition) is 7. The van der Waals surface area contributed by atoms with E-state index in [1.54, 1.807) is 33.9 Å². The summed E-state index contributed by atoms with van der Waals surface area (Å²) in [5.74, 6) is -4.70. The van der Waals surface area contributed by atoms with Crippen LogP contribution in [-0.4, -0.2) is 89.1 Å². The van der Waals surface area contributed by atoms with Gasteiger partial charge in [0.25, 0.3) is 0 Å². The first kappa shape index (κ1) is 41.5. The van der Waals surface area contributed by atoms with Gasteiger partial charge in [-0.15, -0.1) is 0 Å². The van der Waals surface area contributed by atoms with E-state index < -0.39 is 83.5 Å². The van der Waals surface area contributed by atoms with E-state index in [0.717, 1.165) is 16.5 Å². The van der Waals surface area contributed by atoms with Crippen molar-refractivity contribution in [2.24, 2.45) is 17.8 Å². The molecule has 1 aliphatic heterocycles. The fourth-order valence-electron chi connectivity index (χ4n) is 5.92. The highest BCUT2D eigenvalue weighted by Crippen LogP contribution is 2.19. The Bertz CT molecular complexity index is 1600. The summed E-state index contributed by atoms with van der Waals surface area (Å²) < 4.78 is 0. The molecule has 1 aliphatic rings. The second-order valence-electron chi connectivity index (χ2n) is 14.7. The molecule has 0 saturated carbocycles. The number of aromatic nitrogens is 1. The molecule has 52 heavy (non-hydrogen) atoms. The third kappa shape index (κ3) is 11.8. The number of carbonyl (C=O) groups excluding carboxylic acids is 7. The van der Waals surface area contributed by atoms with Gasteiger partial charge in [0.1, 0.15) is 36.3 Å². The first-order valence-corrected chi connectivity index (χ1v) is 18.1. The highest BCUT2D eigenvalue weighted by atomic mass is 16.2. The number of carbonyl (C=O) groups is 7. The molecule has 8 N–H and O–H groups in total. The van der Waals surface area contributed by atoms with E-state index in [2.05, 4.69) is 42.2 Å². The van der Waals surface area contributed by atoms with E-state index >= 15 is 0 Å². The molecule has 15 heteroatoms. The van der Waals surface area contributed by atoms with E-state index in [1.165, 1.54) is 13.8 Å². The number of H-pyrrole nitrogens is 1. The normalized spacial score (nSPS) is 25.6. The van der Waals surface area contributed by atoms with Crippen LogP contribution in [0, 0.1) is 17.8 Å². The van der Waals surface area contributed by atoms with Crippen LogP contribution in [0.2, 0.25) is 0 Å². The molecule has 1 aromatic heterocycles. The Balaban J connectivity index is 1.92. The zero-order valence-electron chi connectivity index (χ0n) is 31.5. The smallest absolute Gasteiger partial charge is 0.243 e. The molecule has 1 fully saturated rings. The molecule has 0 bridgehead atoms. The molecule has 0 radical (unpaired) electrons. The predicted octanol–water partition coefficient (Wildman–Crippen LogP) is 0.927. The minimum atomic E-state index is -1.09. The number of amides is 7. The molecular weight excluding hydrogens is 668 g/mol. The summed E-state index contributed by atoms with van der Waals surface area (Å²) in [6.45, 7) is 13.8. The van der Waals surface area contributed by atoms with Crippen molar-refractivity contribution < 1.29 is 33.6 Å². The van der Waals surface area contributed by atoms with Gasteiger partial charge in [-0.2, -0.15) is 0 Å². The maximum Gasteiger partial charge on any atom is 0.243 e. The summed E-state index contributed by atoms with van der Waals surface area (Å²) in [6.07, 6.45) is 2.40. The summed E-state index contributed by atoms with van der Waals surface area (Å²) in [6, 6.07) is 1.34. The topological polar surface area (TPSA) is 219 Å². The SMILES string of the molecule is CC(C)C[C@@H]1NC(=O)C(C(C)C)NC(=O)[C@@H](C)NC(=O)CCCNC(=O)[C@H](Cc2c[nH]c3ccccc23)NC(=O)[C@@H](C)NC(=O)C(C(C)C)NC1=O. The zero-order chi connectivity index (χ0) is 38.7. The lowest BCUT2D eigenvalue weighted by molar-refractivity contribution is -0.136. The molecule has 0 spiro atoms. The average Bonchev–Trinajstić information content (AvgIpc) is 3.48. The van der Waals surface area contributed by atoms with E-state index in [0.29, 0.717) is 0 Å². The van der Waals surface area contributed by atoms with Crippen LogP contribution >= 0.6 is 0 Å². The molecule has 1 aromatic carbocycles. The maximum absolute atomic E-state index is 13.7. The molecule has 0 aliphatic carbocycles. The van der Waals surface area contributed by atoms with Crippen LogP contribution in [0.15, 0.2) is 30.5 Å². The van der Waals surface area contributed by atoms with Crippen LogP contribution in [0.25, 0.3) is 10.9 Å². The van der Waals surface area contributed by atoms with Gasteiger partial charge in [0.2, 0.25) is 41.4 Å². The highest BCUT2D eigenvalue weighted by Gasteiger charge is 2.34. The van der Waals surface area contributed by atoms with Crippen molar-refractivity contribution in [2.45, 2.75) is 117 Å². The van der Waals surface area contributed by atoms with Crippen LogP contribution in [0.4, 0.5) is 0 Å².